The molecule has 0 radical (unpaired) electrons. The monoisotopic (exact) mass is 502 g/mol. The summed E-state index contributed by atoms with van der Waals surface area (Å²) in [5.41, 5.74) is -0.349. The summed E-state index contributed by atoms with van der Waals surface area (Å²) in [4.78, 5) is 25.2. The van der Waals surface area contributed by atoms with Crippen LogP contribution in [0.2, 0.25) is 0 Å². The molecule has 0 aliphatic heterocycles. The molecule has 1 aromatic heterocycles. The molecule has 0 spiro atoms. The minimum atomic E-state index is -4.56. The zero-order valence-electron chi connectivity index (χ0n) is 20.9. The van der Waals surface area contributed by atoms with E-state index in [9.17, 15) is 18.0 Å². The number of hydrogen-bond donors (Lipinski definition) is 3. The largest absolute Gasteiger partial charge is 0.417 e. The van der Waals surface area contributed by atoms with Gasteiger partial charge in [-0.15, -0.1) is 0 Å². The standard InChI is InChI=1S/C26H33F3N6O/c1-5-14-30-16(2)31-17(3)32-24-15-23(20-11-7-9-13-22(20)33-18(4)36)34-25(35-24)19-10-6-8-12-21(19)26(27,28)29/h6,8,10,12,15,20,22H,3,5,7,9,11,13-14H2,1-2,4H3,(H,30,31)(H,33,36)(H,32,34,35). The predicted molar refractivity (Wildman–Crippen MR) is 135 cm³/mol. The lowest BCUT2D eigenvalue weighted by molar-refractivity contribution is -0.137. The molecule has 1 aliphatic carbocycles. The van der Waals surface area contributed by atoms with Gasteiger partial charge < -0.3 is 16.0 Å². The number of alkyl halides is 3. The van der Waals surface area contributed by atoms with Gasteiger partial charge in [0.05, 0.1) is 17.1 Å². The average Bonchev–Trinajstić information content (AvgIpc) is 2.82. The molecule has 1 fully saturated rings. The summed E-state index contributed by atoms with van der Waals surface area (Å²) in [7, 11) is 0. The Labute approximate surface area is 209 Å². The van der Waals surface area contributed by atoms with E-state index in [0.29, 0.717) is 29.7 Å². The molecule has 2 unspecified atom stereocenters. The van der Waals surface area contributed by atoms with Crippen LogP contribution >= 0.6 is 0 Å². The maximum atomic E-state index is 13.8. The van der Waals surface area contributed by atoms with Crippen molar-refractivity contribution in [1.82, 2.24) is 20.6 Å². The van der Waals surface area contributed by atoms with Gasteiger partial charge in [0, 0.05) is 37.1 Å². The van der Waals surface area contributed by atoms with Crippen LogP contribution in [-0.2, 0) is 11.0 Å². The molecule has 2 aromatic rings. The van der Waals surface area contributed by atoms with Gasteiger partial charge in [0.25, 0.3) is 0 Å². The molecule has 1 aromatic carbocycles. The third-order valence-electron chi connectivity index (χ3n) is 5.94. The van der Waals surface area contributed by atoms with E-state index in [1.54, 1.807) is 13.0 Å². The summed E-state index contributed by atoms with van der Waals surface area (Å²) in [5, 5.41) is 9.07. The van der Waals surface area contributed by atoms with Gasteiger partial charge in [0.15, 0.2) is 5.82 Å². The first-order chi connectivity index (χ1) is 17.1. The first-order valence-electron chi connectivity index (χ1n) is 12.1. The molecule has 194 valence electrons. The Morgan fingerprint density at radius 2 is 1.89 bits per heavy atom. The van der Waals surface area contributed by atoms with Crippen LogP contribution in [0.25, 0.3) is 11.4 Å². The second-order valence-electron chi connectivity index (χ2n) is 8.94. The number of aliphatic imine (C=N–C) groups is 1. The van der Waals surface area contributed by atoms with Crippen molar-refractivity contribution in [2.45, 2.75) is 71.0 Å². The molecule has 0 bridgehead atoms. The van der Waals surface area contributed by atoms with E-state index in [4.69, 9.17) is 0 Å². The van der Waals surface area contributed by atoms with Crippen molar-refractivity contribution in [3.63, 3.8) is 0 Å². The quantitative estimate of drug-likeness (QED) is 0.322. The number of amidine groups is 1. The highest BCUT2D eigenvalue weighted by atomic mass is 19.4. The molecule has 1 amide bonds. The zero-order chi connectivity index (χ0) is 26.3. The summed E-state index contributed by atoms with van der Waals surface area (Å²) < 4.78 is 41.4. The summed E-state index contributed by atoms with van der Waals surface area (Å²) in [6.07, 6.45) is -0.253. The summed E-state index contributed by atoms with van der Waals surface area (Å²) in [6, 6.07) is 6.82. The lowest BCUT2D eigenvalue weighted by atomic mass is 9.82. The fourth-order valence-corrected chi connectivity index (χ4v) is 4.41. The second kappa shape index (κ2) is 12.0. The first kappa shape index (κ1) is 27.2. The third kappa shape index (κ3) is 7.29. The van der Waals surface area contributed by atoms with Crippen LogP contribution in [-0.4, -0.2) is 34.3 Å². The Hall–Kier alpha value is -3.43. The fourth-order valence-electron chi connectivity index (χ4n) is 4.41. The van der Waals surface area contributed by atoms with Gasteiger partial charge in [-0.2, -0.15) is 13.2 Å². The smallest absolute Gasteiger partial charge is 0.353 e. The number of hydrogen-bond acceptors (Lipinski definition) is 5. The molecule has 2 atom stereocenters. The normalized spacial score (nSPS) is 18.4. The van der Waals surface area contributed by atoms with Crippen LogP contribution in [0.1, 0.15) is 70.1 Å². The molecule has 7 nitrogen and oxygen atoms in total. The minimum absolute atomic E-state index is 0.0424. The number of carbonyl (C=O) groups is 1. The Kier molecular flexibility index (Phi) is 9.06. The van der Waals surface area contributed by atoms with Crippen LogP contribution in [0.3, 0.4) is 0 Å². The Bertz CT molecular complexity index is 1120. The summed E-state index contributed by atoms with van der Waals surface area (Å²) >= 11 is 0. The van der Waals surface area contributed by atoms with E-state index in [0.717, 1.165) is 38.2 Å². The van der Waals surface area contributed by atoms with E-state index in [1.165, 1.54) is 25.1 Å². The van der Waals surface area contributed by atoms with Crippen LogP contribution in [0.4, 0.5) is 19.0 Å². The van der Waals surface area contributed by atoms with Crippen molar-refractivity contribution in [2.75, 3.05) is 11.9 Å². The van der Waals surface area contributed by atoms with Crippen molar-refractivity contribution in [3.05, 3.63) is 54.0 Å². The molecule has 10 heteroatoms. The van der Waals surface area contributed by atoms with Crippen LogP contribution in [0.15, 0.2) is 47.7 Å². The summed E-state index contributed by atoms with van der Waals surface area (Å²) in [6.45, 7) is 9.90. The van der Waals surface area contributed by atoms with Crippen molar-refractivity contribution in [2.24, 2.45) is 4.99 Å². The highest BCUT2D eigenvalue weighted by Crippen LogP contribution is 2.38. The third-order valence-corrected chi connectivity index (χ3v) is 5.94. The zero-order valence-corrected chi connectivity index (χ0v) is 20.9. The van der Waals surface area contributed by atoms with Crippen molar-refractivity contribution >= 4 is 17.6 Å². The maximum absolute atomic E-state index is 13.8. The van der Waals surface area contributed by atoms with Crippen LogP contribution in [0, 0.1) is 0 Å². The van der Waals surface area contributed by atoms with Gasteiger partial charge >= 0.3 is 6.18 Å². The van der Waals surface area contributed by atoms with Gasteiger partial charge in [-0.25, -0.2) is 9.97 Å². The SMILES string of the molecule is C=C(NC(C)=NCCC)Nc1cc(C2CCCCC2NC(C)=O)nc(-c2ccccc2C(F)(F)F)n1. The number of nitrogens with one attached hydrogen (secondary N) is 3. The Balaban J connectivity index is 2.04. The van der Waals surface area contributed by atoms with E-state index >= 15 is 0 Å². The van der Waals surface area contributed by atoms with E-state index in [-0.39, 0.29) is 29.3 Å². The lowest BCUT2D eigenvalue weighted by Gasteiger charge is -2.32. The number of benzene rings is 1. The summed E-state index contributed by atoms with van der Waals surface area (Å²) in [5.74, 6) is 0.996. The number of amides is 1. The van der Waals surface area contributed by atoms with E-state index in [1.807, 2.05) is 6.92 Å². The maximum Gasteiger partial charge on any atom is 0.417 e. The molecule has 1 heterocycles. The van der Waals surface area contributed by atoms with Gasteiger partial charge in [-0.1, -0.05) is 44.5 Å². The van der Waals surface area contributed by atoms with Gasteiger partial charge in [0.2, 0.25) is 5.91 Å². The average molecular weight is 503 g/mol. The minimum Gasteiger partial charge on any atom is -0.353 e. The number of carbonyl (C=O) groups excluding carboxylic acids is 1. The van der Waals surface area contributed by atoms with Crippen molar-refractivity contribution < 1.29 is 18.0 Å². The van der Waals surface area contributed by atoms with E-state index in [2.05, 4.69) is 37.5 Å². The topological polar surface area (TPSA) is 91.3 Å². The van der Waals surface area contributed by atoms with Crippen LogP contribution in [0.5, 0.6) is 0 Å². The molecule has 0 saturated heterocycles. The fraction of sp³-hybridized carbons (Fsp3) is 0.462. The van der Waals surface area contributed by atoms with Crippen LogP contribution < -0.4 is 16.0 Å². The first-order valence-corrected chi connectivity index (χ1v) is 12.1. The highest BCUT2D eigenvalue weighted by Gasteiger charge is 2.35. The van der Waals surface area contributed by atoms with Gasteiger partial charge in [0.1, 0.15) is 11.6 Å². The number of rotatable bonds is 8. The predicted octanol–water partition coefficient (Wildman–Crippen LogP) is 5.63. The number of anilines is 1. The van der Waals surface area contributed by atoms with Crippen molar-refractivity contribution in [1.29, 1.82) is 0 Å². The van der Waals surface area contributed by atoms with Crippen molar-refractivity contribution in [3.8, 4) is 11.4 Å². The highest BCUT2D eigenvalue weighted by molar-refractivity contribution is 5.81. The second-order valence-corrected chi connectivity index (χ2v) is 8.94. The molecule has 3 rings (SSSR count). The van der Waals surface area contributed by atoms with Gasteiger partial charge in [-0.05, 0) is 32.3 Å². The molecule has 1 saturated carbocycles. The number of nitrogens with zero attached hydrogens (tertiary/aromatic N) is 3. The van der Waals surface area contributed by atoms with E-state index < -0.39 is 11.7 Å². The number of aromatic nitrogens is 2. The molecule has 1 aliphatic rings. The molecule has 36 heavy (non-hydrogen) atoms. The number of halogens is 3. The van der Waals surface area contributed by atoms with Gasteiger partial charge in [-0.3, -0.25) is 9.79 Å². The lowest BCUT2D eigenvalue weighted by Crippen LogP contribution is -2.40. The Morgan fingerprint density at radius 1 is 1.17 bits per heavy atom. The molecule has 3 N–H and O–H groups in total. The Morgan fingerprint density at radius 3 is 2.58 bits per heavy atom. The molecular formula is C26H33F3N6O. The molecular weight excluding hydrogens is 469 g/mol.